The molecule has 2 saturated heterocycles. The fraction of sp³-hybridized carbons (Fsp3) is 0.632. The first-order chi connectivity index (χ1) is 12.0. The molecule has 6 heteroatoms. The summed E-state index contributed by atoms with van der Waals surface area (Å²) in [6.45, 7) is 5.79. The van der Waals surface area contributed by atoms with E-state index in [1.807, 2.05) is 6.07 Å². The van der Waals surface area contributed by atoms with E-state index in [1.54, 1.807) is 17.2 Å². The second-order valence-corrected chi connectivity index (χ2v) is 7.35. The Labute approximate surface area is 148 Å². The molecule has 1 N–H and O–H groups in total. The number of carbonyl (C=O) groups excluding carboxylic acids is 2. The van der Waals surface area contributed by atoms with E-state index in [-0.39, 0.29) is 17.9 Å². The first kappa shape index (κ1) is 17.9. The van der Waals surface area contributed by atoms with Crippen molar-refractivity contribution < 1.29 is 14.3 Å². The number of rotatable bonds is 5. The predicted molar refractivity (Wildman–Crippen MR) is 96.4 cm³/mol. The summed E-state index contributed by atoms with van der Waals surface area (Å²) in [5.74, 6) is 1.51. The van der Waals surface area contributed by atoms with E-state index in [4.69, 9.17) is 4.74 Å². The van der Waals surface area contributed by atoms with Crippen LogP contribution in [0.4, 0.5) is 11.5 Å². The molecular formula is C19H27N3O3. The fourth-order valence-corrected chi connectivity index (χ4v) is 3.55. The third-order valence-corrected chi connectivity index (χ3v) is 5.04. The number of aromatic nitrogens is 1. The minimum absolute atomic E-state index is 0.00750. The quantitative estimate of drug-likeness (QED) is 0.890. The smallest absolute Gasteiger partial charge is 0.227 e. The van der Waals surface area contributed by atoms with Crippen LogP contribution in [0.25, 0.3) is 0 Å². The molecule has 0 aliphatic carbocycles. The van der Waals surface area contributed by atoms with Gasteiger partial charge in [0, 0.05) is 26.0 Å². The summed E-state index contributed by atoms with van der Waals surface area (Å²) in [5, 5.41) is 2.87. The largest absolute Gasteiger partial charge is 0.378 e. The van der Waals surface area contributed by atoms with Crippen molar-refractivity contribution in [1.29, 1.82) is 0 Å². The highest BCUT2D eigenvalue weighted by Gasteiger charge is 2.26. The molecular weight excluding hydrogens is 318 g/mol. The average Bonchev–Trinajstić information content (AvgIpc) is 3.02. The van der Waals surface area contributed by atoms with Crippen LogP contribution >= 0.6 is 0 Å². The van der Waals surface area contributed by atoms with Crippen molar-refractivity contribution in [3.05, 3.63) is 18.3 Å². The Bertz CT molecular complexity index is 615. The van der Waals surface area contributed by atoms with Crippen LogP contribution in [-0.2, 0) is 14.3 Å². The van der Waals surface area contributed by atoms with E-state index in [1.165, 1.54) is 0 Å². The molecule has 0 unspecified atom stereocenters. The second-order valence-electron chi connectivity index (χ2n) is 7.35. The first-order valence-corrected chi connectivity index (χ1v) is 9.21. The van der Waals surface area contributed by atoms with E-state index in [0.29, 0.717) is 30.5 Å². The summed E-state index contributed by atoms with van der Waals surface area (Å²) in [5.41, 5.74) is 0.796. The van der Waals surface area contributed by atoms with Crippen molar-refractivity contribution in [1.82, 2.24) is 4.98 Å². The molecule has 0 aromatic carbocycles. The maximum absolute atomic E-state index is 12.3. The molecule has 2 atom stereocenters. The molecule has 25 heavy (non-hydrogen) atoms. The number of carbonyl (C=O) groups is 2. The van der Waals surface area contributed by atoms with Gasteiger partial charge in [-0.05, 0) is 43.2 Å². The topological polar surface area (TPSA) is 71.5 Å². The molecule has 0 bridgehead atoms. The van der Waals surface area contributed by atoms with E-state index in [2.05, 4.69) is 24.1 Å². The Morgan fingerprint density at radius 3 is 2.92 bits per heavy atom. The van der Waals surface area contributed by atoms with Gasteiger partial charge in [-0.1, -0.05) is 13.8 Å². The minimum Gasteiger partial charge on any atom is -0.378 e. The van der Waals surface area contributed by atoms with Crippen molar-refractivity contribution in [3.8, 4) is 0 Å². The maximum atomic E-state index is 12.3. The third kappa shape index (κ3) is 4.57. The van der Waals surface area contributed by atoms with Crippen LogP contribution < -0.4 is 10.2 Å². The number of ether oxygens (including phenoxy) is 1. The van der Waals surface area contributed by atoms with Gasteiger partial charge < -0.3 is 15.0 Å². The van der Waals surface area contributed by atoms with Gasteiger partial charge in [0.05, 0.1) is 18.0 Å². The van der Waals surface area contributed by atoms with Crippen LogP contribution in [0.3, 0.4) is 0 Å². The third-order valence-electron chi connectivity index (χ3n) is 5.04. The summed E-state index contributed by atoms with van der Waals surface area (Å²) >= 11 is 0. The van der Waals surface area contributed by atoms with Gasteiger partial charge in [-0.25, -0.2) is 4.98 Å². The number of pyridine rings is 1. The number of amides is 2. The van der Waals surface area contributed by atoms with Crippen LogP contribution in [-0.4, -0.2) is 36.1 Å². The molecule has 2 aliphatic heterocycles. The monoisotopic (exact) mass is 345 g/mol. The molecule has 2 amide bonds. The summed E-state index contributed by atoms with van der Waals surface area (Å²) < 4.78 is 5.76. The average molecular weight is 345 g/mol. The van der Waals surface area contributed by atoms with Crippen molar-refractivity contribution in [3.63, 3.8) is 0 Å². The zero-order valence-electron chi connectivity index (χ0n) is 15.0. The molecule has 6 nitrogen and oxygen atoms in total. The highest BCUT2D eigenvalue weighted by molar-refractivity contribution is 5.95. The summed E-state index contributed by atoms with van der Waals surface area (Å²) in [7, 11) is 0. The minimum atomic E-state index is -0.00750. The lowest BCUT2D eigenvalue weighted by atomic mass is 9.88. The number of hydrogen-bond donors (Lipinski definition) is 1. The van der Waals surface area contributed by atoms with Crippen molar-refractivity contribution in [2.75, 3.05) is 23.4 Å². The SMILES string of the molecule is CC(C)[C@H]1C[C@H](CC(=O)Nc2ccc(N3CCCC3=O)cn2)CCO1. The van der Waals surface area contributed by atoms with Crippen LogP contribution in [0.1, 0.15) is 46.0 Å². The summed E-state index contributed by atoms with van der Waals surface area (Å²) in [6, 6.07) is 3.61. The van der Waals surface area contributed by atoms with Gasteiger partial charge in [-0.15, -0.1) is 0 Å². The summed E-state index contributed by atoms with van der Waals surface area (Å²) in [4.78, 5) is 30.1. The van der Waals surface area contributed by atoms with E-state index in [0.717, 1.165) is 38.1 Å². The molecule has 3 rings (SSSR count). The van der Waals surface area contributed by atoms with Gasteiger partial charge >= 0.3 is 0 Å². The molecule has 0 spiro atoms. The zero-order chi connectivity index (χ0) is 17.8. The van der Waals surface area contributed by atoms with Crippen molar-refractivity contribution >= 4 is 23.3 Å². The molecule has 2 aliphatic rings. The van der Waals surface area contributed by atoms with Crippen LogP contribution in [0, 0.1) is 11.8 Å². The zero-order valence-corrected chi connectivity index (χ0v) is 15.0. The standard InChI is InChI=1S/C19H27N3O3/c1-13(2)16-10-14(7-9-25-16)11-18(23)21-17-6-5-15(12-20-17)22-8-3-4-19(22)24/h5-6,12-14,16H,3-4,7-11H2,1-2H3,(H,20,21,23)/t14-,16-/m1/s1. The van der Waals surface area contributed by atoms with Gasteiger partial charge in [0.1, 0.15) is 5.82 Å². The number of anilines is 2. The molecule has 3 heterocycles. The van der Waals surface area contributed by atoms with E-state index in [9.17, 15) is 9.59 Å². The predicted octanol–water partition coefficient (Wildman–Crippen LogP) is 2.99. The Kier molecular flexibility index (Phi) is 5.68. The first-order valence-electron chi connectivity index (χ1n) is 9.21. The maximum Gasteiger partial charge on any atom is 0.227 e. The Balaban J connectivity index is 1.51. The van der Waals surface area contributed by atoms with Gasteiger partial charge in [-0.3, -0.25) is 9.59 Å². The van der Waals surface area contributed by atoms with Gasteiger partial charge in [-0.2, -0.15) is 0 Å². The lowest BCUT2D eigenvalue weighted by Gasteiger charge is -2.31. The highest BCUT2D eigenvalue weighted by atomic mass is 16.5. The molecule has 0 saturated carbocycles. The van der Waals surface area contributed by atoms with Crippen LogP contribution in [0.15, 0.2) is 18.3 Å². The van der Waals surface area contributed by atoms with Crippen LogP contribution in [0.5, 0.6) is 0 Å². The van der Waals surface area contributed by atoms with E-state index < -0.39 is 0 Å². The normalized spacial score (nSPS) is 24.0. The van der Waals surface area contributed by atoms with Crippen LogP contribution in [0.2, 0.25) is 0 Å². The highest BCUT2D eigenvalue weighted by Crippen LogP contribution is 2.27. The van der Waals surface area contributed by atoms with Gasteiger partial charge in [0.2, 0.25) is 11.8 Å². The lowest BCUT2D eigenvalue weighted by molar-refractivity contribution is -0.119. The molecule has 1 aromatic rings. The number of nitrogens with one attached hydrogen (secondary N) is 1. The molecule has 136 valence electrons. The van der Waals surface area contributed by atoms with Gasteiger partial charge in [0.25, 0.3) is 0 Å². The summed E-state index contributed by atoms with van der Waals surface area (Å²) in [6.07, 6.45) is 5.76. The van der Waals surface area contributed by atoms with E-state index >= 15 is 0 Å². The molecule has 1 aromatic heterocycles. The van der Waals surface area contributed by atoms with Crippen molar-refractivity contribution in [2.24, 2.45) is 11.8 Å². The fourth-order valence-electron chi connectivity index (χ4n) is 3.55. The molecule has 0 radical (unpaired) electrons. The van der Waals surface area contributed by atoms with Crippen molar-refractivity contribution in [2.45, 2.75) is 52.1 Å². The lowest BCUT2D eigenvalue weighted by Crippen LogP contribution is -2.31. The Morgan fingerprint density at radius 2 is 2.28 bits per heavy atom. The molecule has 2 fully saturated rings. The Morgan fingerprint density at radius 1 is 1.44 bits per heavy atom. The second kappa shape index (κ2) is 7.95. The van der Waals surface area contributed by atoms with Gasteiger partial charge in [0.15, 0.2) is 0 Å². The number of nitrogens with zero attached hydrogens (tertiary/aromatic N) is 2. The Hall–Kier alpha value is -1.95. The number of hydrogen-bond acceptors (Lipinski definition) is 4.